The van der Waals surface area contributed by atoms with E-state index in [-0.39, 0.29) is 24.7 Å². The average Bonchev–Trinajstić information content (AvgIpc) is 2.57. The number of hydrogen-bond donors (Lipinski definition) is 3. The molecule has 0 bridgehead atoms. The van der Waals surface area contributed by atoms with Crippen molar-refractivity contribution in [3.63, 3.8) is 0 Å². The number of ketones is 1. The fourth-order valence-electron chi connectivity index (χ4n) is 2.80. The zero-order valence-corrected chi connectivity index (χ0v) is 15.1. The number of aliphatic hydroxyl groups excluding tert-OH is 3. The predicted molar refractivity (Wildman–Crippen MR) is 96.8 cm³/mol. The topological polar surface area (TPSA) is 77.8 Å². The SMILES string of the molecule is CC[C@H](O)CC(=O)[C@H](C)[C@@H](O)[C@H](C)c1ccc(C)cc1/C=C/CO. The van der Waals surface area contributed by atoms with Gasteiger partial charge >= 0.3 is 0 Å². The number of benzene rings is 1. The van der Waals surface area contributed by atoms with Gasteiger partial charge in [0.2, 0.25) is 0 Å². The van der Waals surface area contributed by atoms with Gasteiger partial charge in [-0.05, 0) is 24.5 Å². The molecule has 0 saturated heterocycles. The minimum absolute atomic E-state index is 0.0475. The molecule has 4 atom stereocenters. The lowest BCUT2D eigenvalue weighted by Crippen LogP contribution is -2.32. The molecular formula is C20H30O4. The average molecular weight is 334 g/mol. The van der Waals surface area contributed by atoms with Crippen molar-refractivity contribution in [2.75, 3.05) is 6.61 Å². The molecule has 1 aromatic rings. The van der Waals surface area contributed by atoms with Crippen molar-refractivity contribution in [3.8, 4) is 0 Å². The molecule has 4 heteroatoms. The van der Waals surface area contributed by atoms with E-state index in [2.05, 4.69) is 0 Å². The van der Waals surface area contributed by atoms with Crippen LogP contribution >= 0.6 is 0 Å². The minimum Gasteiger partial charge on any atom is -0.393 e. The standard InChI is InChI=1S/C20H30O4/c1-5-17(22)12-19(23)15(4)20(24)14(3)18-9-8-13(2)11-16(18)7-6-10-21/h6-9,11,14-15,17,20-22,24H,5,10,12H2,1-4H3/b7-6+/t14-,15+,17+,20+/m1/s1. The first-order chi connectivity index (χ1) is 11.3. The quantitative estimate of drug-likeness (QED) is 0.649. The summed E-state index contributed by atoms with van der Waals surface area (Å²) < 4.78 is 0. The van der Waals surface area contributed by atoms with Crippen LogP contribution in [0.15, 0.2) is 24.3 Å². The van der Waals surface area contributed by atoms with Gasteiger partial charge in [-0.2, -0.15) is 0 Å². The monoisotopic (exact) mass is 334 g/mol. The number of aryl methyl sites for hydroxylation is 1. The minimum atomic E-state index is -0.828. The van der Waals surface area contributed by atoms with E-state index in [4.69, 9.17) is 5.11 Å². The molecule has 0 radical (unpaired) electrons. The number of carbonyl (C=O) groups excluding carboxylic acids is 1. The van der Waals surface area contributed by atoms with Gasteiger partial charge in [0, 0.05) is 18.3 Å². The Bertz CT molecular complexity index is 565. The molecule has 0 aliphatic heterocycles. The highest BCUT2D eigenvalue weighted by atomic mass is 16.3. The third-order valence-corrected chi connectivity index (χ3v) is 4.58. The van der Waals surface area contributed by atoms with Crippen LogP contribution < -0.4 is 0 Å². The zero-order valence-electron chi connectivity index (χ0n) is 15.1. The molecule has 0 spiro atoms. The van der Waals surface area contributed by atoms with Gasteiger partial charge in [0.25, 0.3) is 0 Å². The summed E-state index contributed by atoms with van der Waals surface area (Å²) in [5, 5.41) is 29.3. The first-order valence-corrected chi connectivity index (χ1v) is 8.58. The summed E-state index contributed by atoms with van der Waals surface area (Å²) in [4.78, 5) is 12.2. The molecule has 134 valence electrons. The van der Waals surface area contributed by atoms with E-state index in [9.17, 15) is 15.0 Å². The normalized spacial score (nSPS) is 16.8. The lowest BCUT2D eigenvalue weighted by Gasteiger charge is -2.26. The van der Waals surface area contributed by atoms with Gasteiger partial charge in [0.1, 0.15) is 5.78 Å². The van der Waals surface area contributed by atoms with Gasteiger partial charge < -0.3 is 15.3 Å². The highest BCUT2D eigenvalue weighted by molar-refractivity contribution is 5.81. The summed E-state index contributed by atoms with van der Waals surface area (Å²) >= 11 is 0. The second-order valence-corrected chi connectivity index (χ2v) is 6.52. The van der Waals surface area contributed by atoms with Crippen molar-refractivity contribution in [2.45, 2.75) is 58.7 Å². The Labute approximate surface area is 144 Å². The molecule has 0 aliphatic rings. The fourth-order valence-corrected chi connectivity index (χ4v) is 2.80. The van der Waals surface area contributed by atoms with Crippen molar-refractivity contribution in [1.82, 2.24) is 0 Å². The van der Waals surface area contributed by atoms with Crippen LogP contribution in [0.4, 0.5) is 0 Å². The van der Waals surface area contributed by atoms with Crippen molar-refractivity contribution >= 4 is 11.9 Å². The number of hydrogen-bond acceptors (Lipinski definition) is 4. The highest BCUT2D eigenvalue weighted by Crippen LogP contribution is 2.29. The van der Waals surface area contributed by atoms with Crippen LogP contribution in [0.2, 0.25) is 0 Å². The Morgan fingerprint density at radius 1 is 1.25 bits per heavy atom. The molecule has 0 fully saturated rings. The van der Waals surface area contributed by atoms with E-state index in [1.165, 1.54) is 0 Å². The highest BCUT2D eigenvalue weighted by Gasteiger charge is 2.29. The summed E-state index contributed by atoms with van der Waals surface area (Å²) in [5.41, 5.74) is 2.96. The summed E-state index contributed by atoms with van der Waals surface area (Å²) in [6.07, 6.45) is 2.61. The summed E-state index contributed by atoms with van der Waals surface area (Å²) in [7, 11) is 0. The van der Waals surface area contributed by atoms with E-state index in [0.717, 1.165) is 16.7 Å². The number of aliphatic hydroxyl groups is 3. The second-order valence-electron chi connectivity index (χ2n) is 6.52. The molecule has 3 N–H and O–H groups in total. The Morgan fingerprint density at radius 2 is 1.92 bits per heavy atom. The molecular weight excluding hydrogens is 304 g/mol. The van der Waals surface area contributed by atoms with Crippen LogP contribution in [-0.2, 0) is 4.79 Å². The smallest absolute Gasteiger partial charge is 0.140 e. The molecule has 0 amide bonds. The summed E-state index contributed by atoms with van der Waals surface area (Å²) in [5.74, 6) is -0.901. The van der Waals surface area contributed by atoms with Gasteiger partial charge in [-0.1, -0.05) is 56.7 Å². The van der Waals surface area contributed by atoms with Crippen molar-refractivity contribution in [2.24, 2.45) is 5.92 Å². The van der Waals surface area contributed by atoms with Crippen LogP contribution in [0, 0.1) is 12.8 Å². The van der Waals surface area contributed by atoms with Crippen molar-refractivity contribution < 1.29 is 20.1 Å². The summed E-state index contributed by atoms with van der Waals surface area (Å²) in [6, 6.07) is 5.93. The number of Topliss-reactive ketones (excluding diaryl/α,β-unsaturated/α-hetero) is 1. The Hall–Kier alpha value is -1.49. The number of carbonyl (C=O) groups is 1. The predicted octanol–water partition coefficient (Wildman–Crippen LogP) is 2.83. The van der Waals surface area contributed by atoms with Crippen LogP contribution in [0.25, 0.3) is 6.08 Å². The van der Waals surface area contributed by atoms with Crippen molar-refractivity contribution in [3.05, 3.63) is 41.0 Å². The first-order valence-electron chi connectivity index (χ1n) is 8.58. The zero-order chi connectivity index (χ0) is 18.3. The second kappa shape index (κ2) is 9.72. The van der Waals surface area contributed by atoms with E-state index in [1.807, 2.05) is 45.0 Å². The third kappa shape index (κ3) is 5.55. The van der Waals surface area contributed by atoms with E-state index in [0.29, 0.717) is 6.42 Å². The van der Waals surface area contributed by atoms with E-state index in [1.54, 1.807) is 13.0 Å². The van der Waals surface area contributed by atoms with Crippen LogP contribution in [0.1, 0.15) is 56.2 Å². The maximum absolute atomic E-state index is 12.2. The Balaban J connectivity index is 2.97. The summed E-state index contributed by atoms with van der Waals surface area (Å²) in [6.45, 7) is 7.37. The molecule has 1 aromatic carbocycles. The maximum atomic E-state index is 12.2. The van der Waals surface area contributed by atoms with Gasteiger partial charge in [-0.3, -0.25) is 4.79 Å². The molecule has 0 aromatic heterocycles. The molecule has 24 heavy (non-hydrogen) atoms. The van der Waals surface area contributed by atoms with Crippen LogP contribution in [-0.4, -0.2) is 39.9 Å². The van der Waals surface area contributed by atoms with Gasteiger partial charge in [-0.25, -0.2) is 0 Å². The lowest BCUT2D eigenvalue weighted by molar-refractivity contribution is -0.128. The maximum Gasteiger partial charge on any atom is 0.140 e. The van der Waals surface area contributed by atoms with E-state index >= 15 is 0 Å². The van der Waals surface area contributed by atoms with Crippen LogP contribution in [0.3, 0.4) is 0 Å². The lowest BCUT2D eigenvalue weighted by atomic mass is 9.82. The molecule has 0 unspecified atom stereocenters. The molecule has 0 saturated carbocycles. The molecule has 0 heterocycles. The van der Waals surface area contributed by atoms with Gasteiger partial charge in [0.15, 0.2) is 0 Å². The molecule has 0 aliphatic carbocycles. The molecule has 4 nitrogen and oxygen atoms in total. The Kier molecular flexibility index (Phi) is 8.32. The third-order valence-electron chi connectivity index (χ3n) is 4.58. The fraction of sp³-hybridized carbons (Fsp3) is 0.550. The first kappa shape index (κ1) is 20.6. The number of rotatable bonds is 9. The molecule has 1 rings (SSSR count). The van der Waals surface area contributed by atoms with E-state index < -0.39 is 18.1 Å². The van der Waals surface area contributed by atoms with Crippen molar-refractivity contribution in [1.29, 1.82) is 0 Å². The largest absolute Gasteiger partial charge is 0.393 e. The Morgan fingerprint density at radius 3 is 2.50 bits per heavy atom. The van der Waals surface area contributed by atoms with Gasteiger partial charge in [0.05, 0.1) is 18.8 Å². The van der Waals surface area contributed by atoms with Crippen LogP contribution in [0.5, 0.6) is 0 Å². The van der Waals surface area contributed by atoms with Gasteiger partial charge in [-0.15, -0.1) is 0 Å².